The standard InChI is InChI=1S/C17H22N4O3/c1-12(9-18-16(23)19-10-17(11-22)7-8-17)15-20-14(21-24-15)13-5-3-2-4-6-13/h2-6,12,22H,7-11H2,1H3,(H2,18,19,23). The lowest BCUT2D eigenvalue weighted by Gasteiger charge is -2.14. The van der Waals surface area contributed by atoms with E-state index in [1.165, 1.54) is 0 Å². The second-order valence-corrected chi connectivity index (χ2v) is 6.44. The van der Waals surface area contributed by atoms with Gasteiger partial charge in [0.15, 0.2) is 0 Å². The average Bonchev–Trinajstić information content (AvgIpc) is 3.24. The molecule has 2 aromatic rings. The first kappa shape index (κ1) is 16.4. The van der Waals surface area contributed by atoms with E-state index in [4.69, 9.17) is 4.52 Å². The Kier molecular flexibility index (Phi) is 4.80. The van der Waals surface area contributed by atoms with Crippen LogP contribution in [0.25, 0.3) is 11.4 Å². The average molecular weight is 330 g/mol. The largest absolute Gasteiger partial charge is 0.396 e. The second kappa shape index (κ2) is 7.00. The molecule has 7 heteroatoms. The molecule has 3 N–H and O–H groups in total. The van der Waals surface area contributed by atoms with Gasteiger partial charge in [0.2, 0.25) is 11.7 Å². The van der Waals surface area contributed by atoms with Crippen LogP contribution in [0.3, 0.4) is 0 Å². The Morgan fingerprint density at radius 2 is 2.08 bits per heavy atom. The molecule has 0 bridgehead atoms. The quantitative estimate of drug-likeness (QED) is 0.720. The first-order valence-electron chi connectivity index (χ1n) is 8.13. The summed E-state index contributed by atoms with van der Waals surface area (Å²) in [6.45, 7) is 2.93. The van der Waals surface area contributed by atoms with Crippen molar-refractivity contribution in [3.8, 4) is 11.4 Å². The molecule has 1 aliphatic carbocycles. The van der Waals surface area contributed by atoms with Gasteiger partial charge in [-0.15, -0.1) is 0 Å². The molecule has 1 heterocycles. The van der Waals surface area contributed by atoms with Gasteiger partial charge in [-0.25, -0.2) is 4.79 Å². The maximum absolute atomic E-state index is 11.8. The van der Waals surface area contributed by atoms with Crippen LogP contribution in [0.5, 0.6) is 0 Å². The zero-order valence-electron chi connectivity index (χ0n) is 13.7. The molecule has 1 aromatic heterocycles. The van der Waals surface area contributed by atoms with Crippen molar-refractivity contribution in [2.75, 3.05) is 19.7 Å². The maximum atomic E-state index is 11.8. The van der Waals surface area contributed by atoms with Gasteiger partial charge in [-0.2, -0.15) is 4.98 Å². The van der Waals surface area contributed by atoms with Gasteiger partial charge in [-0.05, 0) is 12.8 Å². The van der Waals surface area contributed by atoms with Gasteiger partial charge in [-0.1, -0.05) is 42.4 Å². The monoisotopic (exact) mass is 330 g/mol. The van der Waals surface area contributed by atoms with Crippen molar-refractivity contribution in [3.05, 3.63) is 36.2 Å². The Morgan fingerprint density at radius 3 is 2.75 bits per heavy atom. The van der Waals surface area contributed by atoms with Gasteiger partial charge in [0.1, 0.15) is 0 Å². The Hall–Kier alpha value is -2.41. The number of carbonyl (C=O) groups is 1. The van der Waals surface area contributed by atoms with Crippen molar-refractivity contribution >= 4 is 6.03 Å². The molecule has 0 spiro atoms. The van der Waals surface area contributed by atoms with E-state index in [9.17, 15) is 9.90 Å². The summed E-state index contributed by atoms with van der Waals surface area (Å²) in [5, 5.41) is 18.8. The fraction of sp³-hybridized carbons (Fsp3) is 0.471. The lowest BCUT2D eigenvalue weighted by molar-refractivity contribution is 0.202. The fourth-order valence-electron chi connectivity index (χ4n) is 2.37. The predicted molar refractivity (Wildman–Crippen MR) is 88.3 cm³/mol. The first-order valence-corrected chi connectivity index (χ1v) is 8.13. The lowest BCUT2D eigenvalue weighted by Crippen LogP contribution is -2.40. The van der Waals surface area contributed by atoms with Crippen molar-refractivity contribution in [1.29, 1.82) is 0 Å². The zero-order chi connectivity index (χ0) is 17.0. The summed E-state index contributed by atoms with van der Waals surface area (Å²) >= 11 is 0. The van der Waals surface area contributed by atoms with Gasteiger partial charge >= 0.3 is 6.03 Å². The van der Waals surface area contributed by atoms with Crippen molar-refractivity contribution in [3.63, 3.8) is 0 Å². The summed E-state index contributed by atoms with van der Waals surface area (Å²) in [4.78, 5) is 16.2. The minimum atomic E-state index is -0.246. The third-order valence-corrected chi connectivity index (χ3v) is 4.38. The van der Waals surface area contributed by atoms with Crippen molar-refractivity contribution in [2.24, 2.45) is 5.41 Å². The summed E-state index contributed by atoms with van der Waals surface area (Å²) in [6, 6.07) is 9.35. The molecule has 1 unspecified atom stereocenters. The van der Waals surface area contributed by atoms with Crippen molar-refractivity contribution < 1.29 is 14.4 Å². The molecule has 0 saturated heterocycles. The predicted octanol–water partition coefficient (Wildman–Crippen LogP) is 1.91. The van der Waals surface area contributed by atoms with E-state index in [2.05, 4.69) is 20.8 Å². The van der Waals surface area contributed by atoms with Crippen LogP contribution in [-0.4, -0.2) is 41.0 Å². The summed E-state index contributed by atoms with van der Waals surface area (Å²) in [5.74, 6) is 0.942. The number of aliphatic hydroxyl groups excluding tert-OH is 1. The number of nitrogens with one attached hydrogen (secondary N) is 2. The molecule has 3 rings (SSSR count). The van der Waals surface area contributed by atoms with Gasteiger partial charge in [0, 0.05) is 24.1 Å². The van der Waals surface area contributed by atoms with E-state index in [0.717, 1.165) is 18.4 Å². The topological polar surface area (TPSA) is 100 Å². The molecule has 2 amide bonds. The summed E-state index contributed by atoms with van der Waals surface area (Å²) < 4.78 is 5.29. The van der Waals surface area contributed by atoms with Crippen LogP contribution in [-0.2, 0) is 0 Å². The van der Waals surface area contributed by atoms with Gasteiger partial charge in [-0.3, -0.25) is 0 Å². The van der Waals surface area contributed by atoms with Crippen LogP contribution in [0.4, 0.5) is 4.79 Å². The summed E-state index contributed by atoms with van der Waals surface area (Å²) in [7, 11) is 0. The fourth-order valence-corrected chi connectivity index (χ4v) is 2.37. The summed E-state index contributed by atoms with van der Waals surface area (Å²) in [5.41, 5.74) is 0.796. The molecule has 1 fully saturated rings. The number of aromatic nitrogens is 2. The van der Waals surface area contributed by atoms with E-state index in [0.29, 0.717) is 24.8 Å². The normalized spacial score (nSPS) is 16.4. The molecule has 1 aliphatic rings. The first-order chi connectivity index (χ1) is 11.6. The van der Waals surface area contributed by atoms with E-state index in [1.807, 2.05) is 37.3 Å². The Labute approximate surface area is 140 Å². The summed E-state index contributed by atoms with van der Waals surface area (Å²) in [6.07, 6.45) is 1.93. The highest BCUT2D eigenvalue weighted by atomic mass is 16.5. The van der Waals surface area contributed by atoms with E-state index >= 15 is 0 Å². The van der Waals surface area contributed by atoms with Crippen LogP contribution in [0.1, 0.15) is 31.6 Å². The second-order valence-electron chi connectivity index (χ2n) is 6.44. The highest BCUT2D eigenvalue weighted by molar-refractivity contribution is 5.74. The van der Waals surface area contributed by atoms with Gasteiger partial charge in [0.05, 0.1) is 12.5 Å². The number of rotatable bonds is 7. The van der Waals surface area contributed by atoms with Crippen molar-refractivity contribution in [1.82, 2.24) is 20.8 Å². The number of hydrogen-bond acceptors (Lipinski definition) is 5. The number of carbonyl (C=O) groups excluding carboxylic acids is 1. The number of aliphatic hydroxyl groups is 1. The molecule has 0 aliphatic heterocycles. The Bertz CT molecular complexity index is 682. The minimum absolute atomic E-state index is 0.0894. The number of amides is 2. The highest BCUT2D eigenvalue weighted by Crippen LogP contribution is 2.44. The molecule has 0 radical (unpaired) electrons. The third kappa shape index (κ3) is 3.91. The molecule has 1 atom stereocenters. The van der Waals surface area contributed by atoms with Crippen LogP contribution in [0, 0.1) is 5.41 Å². The Morgan fingerprint density at radius 1 is 1.33 bits per heavy atom. The van der Waals surface area contributed by atoms with Crippen LogP contribution < -0.4 is 10.6 Å². The number of urea groups is 1. The Balaban J connectivity index is 1.47. The van der Waals surface area contributed by atoms with E-state index in [-0.39, 0.29) is 24.0 Å². The molecule has 1 aromatic carbocycles. The highest BCUT2D eigenvalue weighted by Gasteiger charge is 2.42. The van der Waals surface area contributed by atoms with Gasteiger partial charge < -0.3 is 20.3 Å². The van der Waals surface area contributed by atoms with E-state index in [1.54, 1.807) is 0 Å². The molecule has 7 nitrogen and oxygen atoms in total. The van der Waals surface area contributed by atoms with Crippen molar-refractivity contribution in [2.45, 2.75) is 25.7 Å². The molecule has 128 valence electrons. The van der Waals surface area contributed by atoms with Crippen LogP contribution in [0.2, 0.25) is 0 Å². The number of benzene rings is 1. The van der Waals surface area contributed by atoms with E-state index < -0.39 is 0 Å². The molecular formula is C17H22N4O3. The number of hydrogen-bond donors (Lipinski definition) is 3. The molecule has 24 heavy (non-hydrogen) atoms. The minimum Gasteiger partial charge on any atom is -0.396 e. The van der Waals surface area contributed by atoms with Gasteiger partial charge in [0.25, 0.3) is 0 Å². The smallest absolute Gasteiger partial charge is 0.314 e. The van der Waals surface area contributed by atoms with Crippen LogP contribution >= 0.6 is 0 Å². The zero-order valence-corrected chi connectivity index (χ0v) is 13.7. The lowest BCUT2D eigenvalue weighted by atomic mass is 10.1. The maximum Gasteiger partial charge on any atom is 0.314 e. The SMILES string of the molecule is CC(CNC(=O)NCC1(CO)CC1)c1nc(-c2ccccc2)no1. The third-order valence-electron chi connectivity index (χ3n) is 4.38. The number of nitrogens with zero attached hydrogens (tertiary/aromatic N) is 2. The molecular weight excluding hydrogens is 308 g/mol. The molecule has 1 saturated carbocycles. The van der Waals surface area contributed by atoms with Crippen LogP contribution in [0.15, 0.2) is 34.9 Å².